The van der Waals surface area contributed by atoms with E-state index in [2.05, 4.69) is 4.90 Å². The minimum absolute atomic E-state index is 0.0824. The summed E-state index contributed by atoms with van der Waals surface area (Å²) in [5.41, 5.74) is 0. The normalized spacial score (nSPS) is 35.1. The standard InChI is InChI=1S/C10H16N2O2/c13-8-5-11(6-8)9-3-4-12(10(9)14)7-1-2-7/h7-9,13H,1-6H2. The Morgan fingerprint density at radius 2 is 1.93 bits per heavy atom. The summed E-state index contributed by atoms with van der Waals surface area (Å²) >= 11 is 0. The topological polar surface area (TPSA) is 43.8 Å². The molecule has 0 aromatic carbocycles. The Morgan fingerprint density at radius 3 is 2.50 bits per heavy atom. The molecule has 2 aliphatic heterocycles. The van der Waals surface area contributed by atoms with Crippen molar-refractivity contribution in [2.24, 2.45) is 0 Å². The van der Waals surface area contributed by atoms with Crippen molar-refractivity contribution in [1.82, 2.24) is 9.80 Å². The van der Waals surface area contributed by atoms with Gasteiger partial charge in [-0.25, -0.2) is 0 Å². The second kappa shape index (κ2) is 2.94. The number of aliphatic hydroxyl groups excluding tert-OH is 1. The van der Waals surface area contributed by atoms with Crippen molar-refractivity contribution in [2.45, 2.75) is 37.5 Å². The zero-order valence-electron chi connectivity index (χ0n) is 8.22. The number of β-amino-alcohol motifs (C(OH)–C–C–N with tert-alkyl or cyclic N) is 1. The van der Waals surface area contributed by atoms with E-state index in [-0.39, 0.29) is 12.1 Å². The Hall–Kier alpha value is -0.610. The van der Waals surface area contributed by atoms with Gasteiger partial charge >= 0.3 is 0 Å². The van der Waals surface area contributed by atoms with Crippen LogP contribution in [0.4, 0.5) is 0 Å². The van der Waals surface area contributed by atoms with Crippen LogP contribution in [-0.4, -0.2) is 58.6 Å². The fourth-order valence-electron chi connectivity index (χ4n) is 2.52. The number of hydrogen-bond donors (Lipinski definition) is 1. The highest BCUT2D eigenvalue weighted by atomic mass is 16.3. The van der Waals surface area contributed by atoms with Crippen LogP contribution in [0.3, 0.4) is 0 Å². The maximum Gasteiger partial charge on any atom is 0.240 e. The smallest absolute Gasteiger partial charge is 0.240 e. The lowest BCUT2D eigenvalue weighted by molar-refractivity contribution is -0.136. The predicted molar refractivity (Wildman–Crippen MR) is 50.7 cm³/mol. The van der Waals surface area contributed by atoms with Gasteiger partial charge in [-0.3, -0.25) is 9.69 Å². The first kappa shape index (κ1) is 8.68. The highest BCUT2D eigenvalue weighted by Crippen LogP contribution is 2.32. The van der Waals surface area contributed by atoms with Crippen molar-refractivity contribution < 1.29 is 9.90 Å². The molecule has 0 radical (unpaired) electrons. The Morgan fingerprint density at radius 1 is 1.21 bits per heavy atom. The summed E-state index contributed by atoms with van der Waals surface area (Å²) in [7, 11) is 0. The zero-order valence-corrected chi connectivity index (χ0v) is 8.22. The van der Waals surface area contributed by atoms with Gasteiger partial charge in [0, 0.05) is 25.7 Å². The first-order valence-electron chi connectivity index (χ1n) is 5.48. The van der Waals surface area contributed by atoms with Crippen LogP contribution in [0.5, 0.6) is 0 Å². The zero-order chi connectivity index (χ0) is 9.71. The maximum absolute atomic E-state index is 11.9. The van der Waals surface area contributed by atoms with Crippen molar-refractivity contribution in [3.63, 3.8) is 0 Å². The average molecular weight is 196 g/mol. The fourth-order valence-corrected chi connectivity index (χ4v) is 2.52. The molecule has 1 amide bonds. The van der Waals surface area contributed by atoms with Gasteiger partial charge in [0.2, 0.25) is 5.91 Å². The van der Waals surface area contributed by atoms with Crippen molar-refractivity contribution in [3.8, 4) is 0 Å². The van der Waals surface area contributed by atoms with Crippen LogP contribution in [0.25, 0.3) is 0 Å². The molecule has 14 heavy (non-hydrogen) atoms. The lowest BCUT2D eigenvalue weighted by atomic mass is 10.1. The van der Waals surface area contributed by atoms with Crippen LogP contribution in [0.1, 0.15) is 19.3 Å². The van der Waals surface area contributed by atoms with Gasteiger partial charge in [0.1, 0.15) is 0 Å². The summed E-state index contributed by atoms with van der Waals surface area (Å²) in [6.07, 6.45) is 3.15. The molecule has 1 atom stereocenters. The highest BCUT2D eigenvalue weighted by molar-refractivity contribution is 5.84. The molecule has 1 N–H and O–H groups in total. The van der Waals surface area contributed by atoms with Crippen LogP contribution in [-0.2, 0) is 4.79 Å². The molecule has 2 heterocycles. The van der Waals surface area contributed by atoms with Crippen LogP contribution in [0, 0.1) is 0 Å². The van der Waals surface area contributed by atoms with Crippen LogP contribution in [0.15, 0.2) is 0 Å². The summed E-state index contributed by atoms with van der Waals surface area (Å²) in [6.45, 7) is 2.31. The third kappa shape index (κ3) is 1.25. The summed E-state index contributed by atoms with van der Waals surface area (Å²) < 4.78 is 0. The maximum atomic E-state index is 11.9. The largest absolute Gasteiger partial charge is 0.390 e. The van der Waals surface area contributed by atoms with Gasteiger partial charge in [-0.2, -0.15) is 0 Å². The van der Waals surface area contributed by atoms with Crippen molar-refractivity contribution in [3.05, 3.63) is 0 Å². The number of likely N-dealkylation sites (tertiary alicyclic amines) is 2. The average Bonchev–Trinajstić information content (AvgIpc) is 2.87. The second-order valence-electron chi connectivity index (χ2n) is 4.68. The monoisotopic (exact) mass is 196 g/mol. The van der Waals surface area contributed by atoms with E-state index in [4.69, 9.17) is 0 Å². The molecular formula is C10H16N2O2. The first-order valence-corrected chi connectivity index (χ1v) is 5.48. The number of carbonyl (C=O) groups excluding carboxylic acids is 1. The molecule has 4 nitrogen and oxygen atoms in total. The van der Waals surface area contributed by atoms with E-state index >= 15 is 0 Å². The molecule has 0 aromatic rings. The van der Waals surface area contributed by atoms with Crippen LogP contribution >= 0.6 is 0 Å². The van der Waals surface area contributed by atoms with E-state index in [0.717, 1.165) is 13.0 Å². The summed E-state index contributed by atoms with van der Waals surface area (Å²) in [5, 5.41) is 9.19. The SMILES string of the molecule is O=C1C(N2CC(O)C2)CCN1C1CC1. The molecule has 1 unspecified atom stereocenters. The fraction of sp³-hybridized carbons (Fsp3) is 0.900. The van der Waals surface area contributed by atoms with Crippen LogP contribution < -0.4 is 0 Å². The number of hydrogen-bond acceptors (Lipinski definition) is 3. The molecule has 0 spiro atoms. The van der Waals surface area contributed by atoms with Crippen LogP contribution in [0.2, 0.25) is 0 Å². The Kier molecular flexibility index (Phi) is 1.82. The first-order chi connectivity index (χ1) is 6.75. The van der Waals surface area contributed by atoms with Gasteiger partial charge in [0.05, 0.1) is 12.1 Å². The molecule has 1 aliphatic carbocycles. The second-order valence-corrected chi connectivity index (χ2v) is 4.68. The molecule has 1 saturated carbocycles. The van der Waals surface area contributed by atoms with Gasteiger partial charge in [-0.05, 0) is 19.3 Å². The Bertz CT molecular complexity index is 259. The summed E-state index contributed by atoms with van der Waals surface area (Å²) in [6, 6.07) is 0.637. The van der Waals surface area contributed by atoms with E-state index in [9.17, 15) is 9.90 Å². The van der Waals surface area contributed by atoms with E-state index in [0.29, 0.717) is 25.0 Å². The van der Waals surface area contributed by atoms with E-state index in [1.165, 1.54) is 12.8 Å². The van der Waals surface area contributed by atoms with Gasteiger partial charge in [-0.1, -0.05) is 0 Å². The molecule has 3 aliphatic rings. The third-order valence-electron chi connectivity index (χ3n) is 3.53. The Labute approximate surface area is 83.5 Å². The van der Waals surface area contributed by atoms with E-state index in [1.807, 2.05) is 4.90 Å². The predicted octanol–water partition coefficient (Wildman–Crippen LogP) is -0.574. The minimum Gasteiger partial charge on any atom is -0.390 e. The number of aliphatic hydroxyl groups is 1. The number of carbonyl (C=O) groups is 1. The minimum atomic E-state index is -0.197. The molecule has 3 rings (SSSR count). The third-order valence-corrected chi connectivity index (χ3v) is 3.53. The quantitative estimate of drug-likeness (QED) is 0.643. The molecule has 78 valence electrons. The van der Waals surface area contributed by atoms with Gasteiger partial charge < -0.3 is 10.0 Å². The lowest BCUT2D eigenvalue weighted by Gasteiger charge is -2.39. The van der Waals surface area contributed by atoms with Crippen molar-refractivity contribution in [2.75, 3.05) is 19.6 Å². The molecule has 4 heteroatoms. The highest BCUT2D eigenvalue weighted by Gasteiger charge is 2.45. The summed E-state index contributed by atoms with van der Waals surface area (Å²) in [5.74, 6) is 0.305. The molecule has 0 aromatic heterocycles. The van der Waals surface area contributed by atoms with Crippen molar-refractivity contribution in [1.29, 1.82) is 0 Å². The van der Waals surface area contributed by atoms with Gasteiger partial charge in [-0.15, -0.1) is 0 Å². The van der Waals surface area contributed by atoms with Gasteiger partial charge in [0.25, 0.3) is 0 Å². The number of nitrogens with zero attached hydrogens (tertiary/aromatic N) is 2. The molecular weight excluding hydrogens is 180 g/mol. The van der Waals surface area contributed by atoms with E-state index in [1.54, 1.807) is 0 Å². The van der Waals surface area contributed by atoms with E-state index < -0.39 is 0 Å². The molecule has 0 bridgehead atoms. The summed E-state index contributed by atoms with van der Waals surface area (Å²) in [4.78, 5) is 16.1. The van der Waals surface area contributed by atoms with Gasteiger partial charge in [0.15, 0.2) is 0 Å². The number of amides is 1. The molecule has 3 fully saturated rings. The Balaban J connectivity index is 1.63. The number of rotatable bonds is 2. The van der Waals surface area contributed by atoms with Crippen molar-refractivity contribution >= 4 is 5.91 Å². The lowest BCUT2D eigenvalue weighted by Crippen LogP contribution is -2.57. The molecule has 2 saturated heterocycles.